The molecule has 5 heteroatoms. The minimum absolute atomic E-state index is 0.0212. The monoisotopic (exact) mass is 248 g/mol. The Bertz CT molecular complexity index is 368. The predicted octanol–water partition coefficient (Wildman–Crippen LogP) is 1.46. The van der Waals surface area contributed by atoms with E-state index in [-0.39, 0.29) is 12.1 Å². The first-order valence-corrected chi connectivity index (χ1v) is 5.89. The second-order valence-electron chi connectivity index (χ2n) is 3.94. The van der Waals surface area contributed by atoms with Crippen LogP contribution >= 0.6 is 0 Å². The summed E-state index contributed by atoms with van der Waals surface area (Å²) in [5.74, 6) is -0.0212. The highest BCUT2D eigenvalue weighted by Gasteiger charge is 2.11. The summed E-state index contributed by atoms with van der Waals surface area (Å²) in [4.78, 5) is 10.4. The van der Waals surface area contributed by atoms with Crippen molar-refractivity contribution in [2.45, 2.75) is 25.4 Å². The maximum Gasteiger partial charge on any atom is 0.418 e. The SMILES string of the molecule is N=C(N)NCCCCC(O[C]=O)c1ccccc1. The lowest BCUT2D eigenvalue weighted by atomic mass is 10.0. The number of hydrogen-bond acceptors (Lipinski definition) is 3. The number of carbonyl (C=O) groups excluding carboxylic acids is 1. The van der Waals surface area contributed by atoms with E-state index in [1.165, 1.54) is 6.47 Å². The van der Waals surface area contributed by atoms with Gasteiger partial charge in [0, 0.05) is 6.54 Å². The first-order chi connectivity index (χ1) is 8.74. The molecule has 0 heterocycles. The third kappa shape index (κ3) is 5.34. The Kier molecular flexibility index (Phi) is 6.32. The van der Waals surface area contributed by atoms with Crippen molar-refractivity contribution in [2.24, 2.45) is 5.73 Å². The summed E-state index contributed by atoms with van der Waals surface area (Å²) >= 11 is 0. The Hall–Kier alpha value is -2.04. The van der Waals surface area contributed by atoms with Crippen LogP contribution in [-0.2, 0) is 9.53 Å². The molecule has 18 heavy (non-hydrogen) atoms. The van der Waals surface area contributed by atoms with Crippen molar-refractivity contribution < 1.29 is 9.53 Å². The van der Waals surface area contributed by atoms with Gasteiger partial charge in [0.25, 0.3) is 0 Å². The largest absolute Gasteiger partial charge is 0.449 e. The Morgan fingerprint density at radius 1 is 1.39 bits per heavy atom. The van der Waals surface area contributed by atoms with Crippen molar-refractivity contribution in [3.63, 3.8) is 0 Å². The van der Waals surface area contributed by atoms with Gasteiger partial charge in [-0.3, -0.25) is 5.41 Å². The van der Waals surface area contributed by atoms with Gasteiger partial charge < -0.3 is 15.8 Å². The minimum Gasteiger partial charge on any atom is -0.449 e. The molecule has 1 aromatic rings. The van der Waals surface area contributed by atoms with E-state index in [0.29, 0.717) is 6.54 Å². The van der Waals surface area contributed by atoms with E-state index in [1.54, 1.807) is 0 Å². The fraction of sp³-hybridized carbons (Fsp3) is 0.385. The number of ether oxygens (including phenoxy) is 1. The summed E-state index contributed by atoms with van der Waals surface area (Å²) in [6, 6.07) is 9.59. The summed E-state index contributed by atoms with van der Waals surface area (Å²) in [7, 11) is 0. The molecule has 0 fully saturated rings. The van der Waals surface area contributed by atoms with Gasteiger partial charge >= 0.3 is 6.47 Å². The summed E-state index contributed by atoms with van der Waals surface area (Å²) in [6.45, 7) is 2.16. The fourth-order valence-corrected chi connectivity index (χ4v) is 1.70. The van der Waals surface area contributed by atoms with Gasteiger partial charge in [0.05, 0.1) is 0 Å². The van der Waals surface area contributed by atoms with Crippen LogP contribution in [0.3, 0.4) is 0 Å². The van der Waals surface area contributed by atoms with Crippen molar-refractivity contribution in [3.05, 3.63) is 35.9 Å². The molecule has 0 spiro atoms. The van der Waals surface area contributed by atoms with Crippen molar-refractivity contribution >= 4 is 12.4 Å². The smallest absolute Gasteiger partial charge is 0.418 e. The Morgan fingerprint density at radius 3 is 2.72 bits per heavy atom. The van der Waals surface area contributed by atoms with E-state index in [1.807, 2.05) is 30.3 Å². The normalized spacial score (nSPS) is 11.6. The highest BCUT2D eigenvalue weighted by molar-refractivity contribution is 5.74. The van der Waals surface area contributed by atoms with Gasteiger partial charge in [0.15, 0.2) is 5.96 Å². The number of unbranched alkanes of at least 4 members (excludes halogenated alkanes) is 1. The van der Waals surface area contributed by atoms with Crippen LogP contribution in [0.5, 0.6) is 0 Å². The molecule has 97 valence electrons. The molecular formula is C13H18N3O2. The van der Waals surface area contributed by atoms with E-state index < -0.39 is 0 Å². The molecule has 0 aliphatic heterocycles. The molecule has 0 saturated carbocycles. The molecule has 5 nitrogen and oxygen atoms in total. The third-order valence-electron chi connectivity index (χ3n) is 2.57. The lowest BCUT2D eigenvalue weighted by Gasteiger charge is -2.14. The Balaban J connectivity index is 2.35. The summed E-state index contributed by atoms with van der Waals surface area (Å²) < 4.78 is 4.96. The Morgan fingerprint density at radius 2 is 2.11 bits per heavy atom. The zero-order valence-corrected chi connectivity index (χ0v) is 10.2. The van der Waals surface area contributed by atoms with Gasteiger partial charge in [0.1, 0.15) is 6.10 Å². The van der Waals surface area contributed by atoms with Crippen LogP contribution in [0.25, 0.3) is 0 Å². The molecule has 0 aliphatic rings. The average molecular weight is 248 g/mol. The van der Waals surface area contributed by atoms with Crippen LogP contribution < -0.4 is 11.1 Å². The van der Waals surface area contributed by atoms with Gasteiger partial charge in [-0.25, -0.2) is 4.79 Å². The van der Waals surface area contributed by atoms with Crippen LogP contribution in [0.2, 0.25) is 0 Å². The van der Waals surface area contributed by atoms with Gasteiger partial charge in [-0.15, -0.1) is 0 Å². The maximum absolute atomic E-state index is 10.4. The molecule has 0 saturated heterocycles. The number of nitrogens with one attached hydrogen (secondary N) is 2. The molecule has 4 N–H and O–H groups in total. The first kappa shape index (κ1) is 14.0. The van der Waals surface area contributed by atoms with Gasteiger partial charge in [-0.2, -0.15) is 0 Å². The highest BCUT2D eigenvalue weighted by Crippen LogP contribution is 2.22. The van der Waals surface area contributed by atoms with E-state index in [9.17, 15) is 4.79 Å². The number of benzene rings is 1. The molecule has 1 rings (SSSR count). The molecule has 0 amide bonds. The summed E-state index contributed by atoms with van der Waals surface area (Å²) in [6.07, 6.45) is 2.23. The zero-order valence-electron chi connectivity index (χ0n) is 10.2. The van der Waals surface area contributed by atoms with Gasteiger partial charge in [-0.05, 0) is 24.8 Å². The summed E-state index contributed by atoms with van der Waals surface area (Å²) in [5, 5.41) is 9.74. The molecule has 1 atom stereocenters. The molecule has 1 unspecified atom stereocenters. The van der Waals surface area contributed by atoms with Gasteiger partial charge in [-0.1, -0.05) is 30.3 Å². The van der Waals surface area contributed by atoms with E-state index in [2.05, 4.69) is 5.32 Å². The quantitative estimate of drug-likeness (QED) is 0.369. The number of rotatable bonds is 8. The highest BCUT2D eigenvalue weighted by atomic mass is 16.5. The van der Waals surface area contributed by atoms with Crippen molar-refractivity contribution in [1.82, 2.24) is 5.32 Å². The van der Waals surface area contributed by atoms with E-state index in [0.717, 1.165) is 24.8 Å². The summed E-state index contributed by atoms with van der Waals surface area (Å²) in [5.41, 5.74) is 6.14. The predicted molar refractivity (Wildman–Crippen MR) is 69.7 cm³/mol. The van der Waals surface area contributed by atoms with Crippen molar-refractivity contribution in [2.75, 3.05) is 6.54 Å². The van der Waals surface area contributed by atoms with Crippen LogP contribution in [0, 0.1) is 5.41 Å². The second-order valence-corrected chi connectivity index (χ2v) is 3.94. The minimum atomic E-state index is -0.249. The third-order valence-corrected chi connectivity index (χ3v) is 2.57. The number of guanidine groups is 1. The van der Waals surface area contributed by atoms with Gasteiger partial charge in [0.2, 0.25) is 0 Å². The first-order valence-electron chi connectivity index (χ1n) is 5.89. The average Bonchev–Trinajstić information content (AvgIpc) is 2.38. The molecule has 0 aromatic heterocycles. The standard InChI is InChI=1S/C13H18N3O2/c14-13(15)16-9-5-4-8-12(18-10-17)11-6-2-1-3-7-11/h1-3,6-7,12H,4-5,8-9H2,(H4,14,15,16). The van der Waals surface area contributed by atoms with Crippen LogP contribution in [0.15, 0.2) is 30.3 Å². The molecule has 1 radical (unpaired) electrons. The van der Waals surface area contributed by atoms with Crippen LogP contribution in [0.4, 0.5) is 0 Å². The van der Waals surface area contributed by atoms with Crippen molar-refractivity contribution in [3.8, 4) is 0 Å². The molecular weight excluding hydrogens is 230 g/mol. The van der Waals surface area contributed by atoms with Crippen LogP contribution in [-0.4, -0.2) is 19.0 Å². The Labute approximate surface area is 107 Å². The molecule has 0 bridgehead atoms. The topological polar surface area (TPSA) is 88.2 Å². The zero-order chi connectivity index (χ0) is 13.2. The number of nitrogens with two attached hydrogens (primary N) is 1. The van der Waals surface area contributed by atoms with E-state index >= 15 is 0 Å². The molecule has 0 aliphatic carbocycles. The second kappa shape index (κ2) is 8.11. The fourth-order valence-electron chi connectivity index (χ4n) is 1.70. The number of hydrogen-bond donors (Lipinski definition) is 3. The maximum atomic E-state index is 10.4. The van der Waals surface area contributed by atoms with E-state index in [4.69, 9.17) is 15.9 Å². The lowest BCUT2D eigenvalue weighted by Crippen LogP contribution is -2.30. The van der Waals surface area contributed by atoms with Crippen molar-refractivity contribution in [1.29, 1.82) is 5.41 Å². The lowest BCUT2D eigenvalue weighted by molar-refractivity contribution is 0.166. The van der Waals surface area contributed by atoms with Crippen LogP contribution in [0.1, 0.15) is 30.9 Å². The molecule has 1 aromatic carbocycles.